The molecule has 0 bridgehead atoms. The topological polar surface area (TPSA) is 101 Å². The van der Waals surface area contributed by atoms with Crippen LogP contribution in [0.4, 0.5) is 20.6 Å². The number of amides is 3. The molecule has 0 aliphatic heterocycles. The SMILES string of the molecule is CCN(CC)CCNC(=O)c1ccc(NC(=O)Nc2ccc(Oc3ccccc3)c(OC)c2F)cc1OC. The Labute approximate surface area is 221 Å². The molecule has 0 saturated carbocycles. The van der Waals surface area contributed by atoms with Crippen molar-refractivity contribution in [3.63, 3.8) is 0 Å². The largest absolute Gasteiger partial charge is 0.496 e. The zero-order chi connectivity index (χ0) is 27.5. The second-order valence-corrected chi connectivity index (χ2v) is 8.15. The normalized spacial score (nSPS) is 10.6. The third-order valence-corrected chi connectivity index (χ3v) is 5.80. The van der Waals surface area contributed by atoms with Crippen molar-refractivity contribution in [1.29, 1.82) is 0 Å². The van der Waals surface area contributed by atoms with Gasteiger partial charge in [0.25, 0.3) is 5.91 Å². The number of halogens is 1. The number of methoxy groups -OCH3 is 2. The van der Waals surface area contributed by atoms with Gasteiger partial charge in [-0.15, -0.1) is 0 Å². The number of nitrogens with zero attached hydrogens (tertiary/aromatic N) is 1. The highest BCUT2D eigenvalue weighted by molar-refractivity contribution is 6.01. The number of para-hydroxylation sites is 1. The average Bonchev–Trinajstić information content (AvgIpc) is 2.93. The molecule has 0 spiro atoms. The van der Waals surface area contributed by atoms with E-state index >= 15 is 4.39 Å². The van der Waals surface area contributed by atoms with Crippen LogP contribution in [0.5, 0.6) is 23.0 Å². The lowest BCUT2D eigenvalue weighted by Gasteiger charge is -2.18. The summed E-state index contributed by atoms with van der Waals surface area (Å²) in [6.07, 6.45) is 0. The lowest BCUT2D eigenvalue weighted by Crippen LogP contribution is -2.34. The van der Waals surface area contributed by atoms with E-state index in [9.17, 15) is 9.59 Å². The van der Waals surface area contributed by atoms with Crippen LogP contribution >= 0.6 is 0 Å². The van der Waals surface area contributed by atoms with Crippen LogP contribution in [0.25, 0.3) is 0 Å². The number of ether oxygens (including phenoxy) is 3. The Morgan fingerprint density at radius 1 is 0.895 bits per heavy atom. The number of rotatable bonds is 12. The Bertz CT molecular complexity index is 1240. The van der Waals surface area contributed by atoms with E-state index in [1.165, 1.54) is 32.4 Å². The van der Waals surface area contributed by atoms with E-state index in [0.717, 1.165) is 19.6 Å². The van der Waals surface area contributed by atoms with Crippen LogP contribution in [0.15, 0.2) is 60.7 Å². The van der Waals surface area contributed by atoms with Gasteiger partial charge in [0.1, 0.15) is 11.5 Å². The molecule has 0 aliphatic carbocycles. The molecule has 0 radical (unpaired) electrons. The van der Waals surface area contributed by atoms with E-state index < -0.39 is 11.8 Å². The van der Waals surface area contributed by atoms with Crippen LogP contribution < -0.4 is 30.2 Å². The fraction of sp³-hybridized carbons (Fsp3) is 0.286. The van der Waals surface area contributed by atoms with Crippen molar-refractivity contribution in [2.75, 3.05) is 51.0 Å². The van der Waals surface area contributed by atoms with Gasteiger partial charge in [0.05, 0.1) is 25.5 Å². The molecule has 0 atom stereocenters. The Kier molecular flexibility index (Phi) is 10.3. The van der Waals surface area contributed by atoms with Crippen LogP contribution in [0.3, 0.4) is 0 Å². The van der Waals surface area contributed by atoms with E-state index in [2.05, 4.69) is 34.7 Å². The molecule has 202 valence electrons. The van der Waals surface area contributed by atoms with Gasteiger partial charge in [0, 0.05) is 24.8 Å². The molecule has 38 heavy (non-hydrogen) atoms. The van der Waals surface area contributed by atoms with Crippen LogP contribution in [0.1, 0.15) is 24.2 Å². The number of urea groups is 1. The van der Waals surface area contributed by atoms with Crippen LogP contribution in [0.2, 0.25) is 0 Å². The van der Waals surface area contributed by atoms with E-state index in [-0.39, 0.29) is 23.1 Å². The minimum atomic E-state index is -0.787. The molecule has 10 heteroatoms. The van der Waals surface area contributed by atoms with Crippen molar-refractivity contribution in [3.05, 3.63) is 72.0 Å². The molecule has 0 aromatic heterocycles. The number of carbonyl (C=O) groups is 2. The Morgan fingerprint density at radius 2 is 1.63 bits per heavy atom. The van der Waals surface area contributed by atoms with Crippen molar-refractivity contribution < 1.29 is 28.2 Å². The summed E-state index contributed by atoms with van der Waals surface area (Å²) in [5.74, 6) is -0.248. The molecule has 0 saturated heterocycles. The van der Waals surface area contributed by atoms with Gasteiger partial charge in [-0.25, -0.2) is 9.18 Å². The third-order valence-electron chi connectivity index (χ3n) is 5.80. The smallest absolute Gasteiger partial charge is 0.323 e. The van der Waals surface area contributed by atoms with Gasteiger partial charge in [-0.2, -0.15) is 0 Å². The van der Waals surface area contributed by atoms with Gasteiger partial charge >= 0.3 is 6.03 Å². The minimum Gasteiger partial charge on any atom is -0.496 e. The van der Waals surface area contributed by atoms with Gasteiger partial charge < -0.3 is 35.1 Å². The highest BCUT2D eigenvalue weighted by Crippen LogP contribution is 2.37. The van der Waals surface area contributed by atoms with Crippen LogP contribution in [0, 0.1) is 5.82 Å². The minimum absolute atomic E-state index is 0.101. The van der Waals surface area contributed by atoms with E-state index in [1.54, 1.807) is 36.4 Å². The summed E-state index contributed by atoms with van der Waals surface area (Å²) in [5, 5.41) is 7.96. The molecule has 3 aromatic rings. The second kappa shape index (κ2) is 13.8. The second-order valence-electron chi connectivity index (χ2n) is 8.15. The Balaban J connectivity index is 1.66. The lowest BCUT2D eigenvalue weighted by atomic mass is 10.1. The predicted molar refractivity (Wildman–Crippen MR) is 145 cm³/mol. The standard InChI is InChI=1S/C28H33FN4O5/c1-5-33(6-2)17-16-30-27(34)21-13-12-19(18-24(21)36-3)31-28(35)32-22-14-15-23(26(37-4)25(22)29)38-20-10-8-7-9-11-20/h7-15,18H,5-6,16-17H2,1-4H3,(H,30,34)(H2,31,32,35). The van der Waals surface area contributed by atoms with Crippen molar-refractivity contribution in [3.8, 4) is 23.0 Å². The number of anilines is 2. The molecule has 0 heterocycles. The summed E-state index contributed by atoms with van der Waals surface area (Å²) in [6.45, 7) is 7.17. The third kappa shape index (κ3) is 7.36. The average molecular weight is 525 g/mol. The Hall–Kier alpha value is -4.31. The molecule has 0 unspecified atom stereocenters. The zero-order valence-corrected chi connectivity index (χ0v) is 22.0. The summed E-state index contributed by atoms with van der Waals surface area (Å²) in [5.41, 5.74) is 0.592. The molecule has 3 rings (SSSR count). The first-order valence-electron chi connectivity index (χ1n) is 12.3. The first kappa shape index (κ1) is 28.3. The maximum Gasteiger partial charge on any atom is 0.323 e. The maximum atomic E-state index is 15.1. The van der Waals surface area contributed by atoms with Crippen molar-refractivity contribution >= 4 is 23.3 Å². The first-order valence-corrected chi connectivity index (χ1v) is 12.3. The molecular weight excluding hydrogens is 491 g/mol. The summed E-state index contributed by atoms with van der Waals surface area (Å²) in [7, 11) is 2.75. The summed E-state index contributed by atoms with van der Waals surface area (Å²) < 4.78 is 31.3. The molecule has 3 amide bonds. The van der Waals surface area contributed by atoms with E-state index in [0.29, 0.717) is 29.3 Å². The van der Waals surface area contributed by atoms with Crippen molar-refractivity contribution in [2.45, 2.75) is 13.8 Å². The molecule has 3 N–H and O–H groups in total. The van der Waals surface area contributed by atoms with Gasteiger partial charge in [0.2, 0.25) is 0 Å². The molecular formula is C28H33FN4O5. The fourth-order valence-corrected chi connectivity index (χ4v) is 3.72. The summed E-state index contributed by atoms with van der Waals surface area (Å²) in [4.78, 5) is 27.4. The Morgan fingerprint density at radius 3 is 2.29 bits per heavy atom. The highest BCUT2D eigenvalue weighted by Gasteiger charge is 2.19. The van der Waals surface area contributed by atoms with Crippen LogP contribution in [-0.2, 0) is 0 Å². The van der Waals surface area contributed by atoms with Gasteiger partial charge in [-0.05, 0) is 49.5 Å². The predicted octanol–water partition coefficient (Wildman–Crippen LogP) is 5.35. The van der Waals surface area contributed by atoms with Crippen molar-refractivity contribution in [1.82, 2.24) is 10.2 Å². The quantitative estimate of drug-likeness (QED) is 0.295. The number of carbonyl (C=O) groups excluding carboxylic acids is 2. The van der Waals surface area contributed by atoms with E-state index in [1.807, 2.05) is 6.07 Å². The zero-order valence-electron chi connectivity index (χ0n) is 22.0. The molecule has 0 aliphatic rings. The maximum absolute atomic E-state index is 15.1. The number of likely N-dealkylation sites (N-methyl/N-ethyl adjacent to an activating group) is 1. The number of nitrogens with one attached hydrogen (secondary N) is 3. The summed E-state index contributed by atoms with van der Waals surface area (Å²) in [6, 6.07) is 15.7. The lowest BCUT2D eigenvalue weighted by molar-refractivity contribution is 0.0946. The molecule has 3 aromatic carbocycles. The number of hydrogen-bond acceptors (Lipinski definition) is 6. The molecule has 9 nitrogen and oxygen atoms in total. The number of benzene rings is 3. The van der Waals surface area contributed by atoms with Crippen LogP contribution in [-0.4, -0.2) is 57.2 Å². The highest BCUT2D eigenvalue weighted by atomic mass is 19.1. The van der Waals surface area contributed by atoms with E-state index in [4.69, 9.17) is 14.2 Å². The first-order chi connectivity index (χ1) is 18.4. The fourth-order valence-electron chi connectivity index (χ4n) is 3.72. The summed E-state index contributed by atoms with van der Waals surface area (Å²) >= 11 is 0. The molecule has 0 fully saturated rings. The van der Waals surface area contributed by atoms with Gasteiger partial charge in [-0.3, -0.25) is 4.79 Å². The van der Waals surface area contributed by atoms with Gasteiger partial charge in [-0.1, -0.05) is 32.0 Å². The monoisotopic (exact) mass is 524 g/mol. The van der Waals surface area contributed by atoms with Gasteiger partial charge in [0.15, 0.2) is 17.3 Å². The van der Waals surface area contributed by atoms with Crippen molar-refractivity contribution in [2.24, 2.45) is 0 Å². The number of hydrogen-bond donors (Lipinski definition) is 3.